The van der Waals surface area contributed by atoms with Gasteiger partial charge in [0.25, 0.3) is 5.91 Å². The van der Waals surface area contributed by atoms with Gasteiger partial charge in [-0.1, -0.05) is 0 Å². The van der Waals surface area contributed by atoms with Crippen molar-refractivity contribution in [1.82, 2.24) is 20.3 Å². The standard InChI is InChI=1S/C20H27N7O2/c1-13(2)27-17-15(29-20(3,4)18(27)28)12-23-19(25-17)24-16-6-5-14(11-22-16)26-9-7-21-8-10-26/h5-6,11-13,21H,7-10H2,1-4H3,(H,22,23,24,25). The van der Waals surface area contributed by atoms with Crippen molar-refractivity contribution in [2.24, 2.45) is 0 Å². The van der Waals surface area contributed by atoms with E-state index in [1.165, 1.54) is 0 Å². The predicted octanol–water partition coefficient (Wildman–Crippen LogP) is 1.94. The zero-order chi connectivity index (χ0) is 20.6. The molecule has 0 aliphatic carbocycles. The average molecular weight is 397 g/mol. The van der Waals surface area contributed by atoms with E-state index >= 15 is 0 Å². The van der Waals surface area contributed by atoms with E-state index in [0.717, 1.165) is 31.9 Å². The highest BCUT2D eigenvalue weighted by atomic mass is 16.5. The first kappa shape index (κ1) is 19.4. The van der Waals surface area contributed by atoms with Crippen LogP contribution < -0.4 is 25.2 Å². The number of rotatable bonds is 4. The molecule has 0 radical (unpaired) electrons. The van der Waals surface area contributed by atoms with Crippen molar-refractivity contribution in [3.63, 3.8) is 0 Å². The zero-order valence-corrected chi connectivity index (χ0v) is 17.3. The number of nitrogens with zero attached hydrogens (tertiary/aromatic N) is 5. The Kier molecular flexibility index (Phi) is 4.99. The van der Waals surface area contributed by atoms with E-state index < -0.39 is 5.60 Å². The lowest BCUT2D eigenvalue weighted by atomic mass is 10.0. The maximum atomic E-state index is 12.8. The monoisotopic (exact) mass is 397 g/mol. The number of nitrogens with one attached hydrogen (secondary N) is 2. The van der Waals surface area contributed by atoms with Crippen molar-refractivity contribution in [2.75, 3.05) is 41.3 Å². The number of pyridine rings is 1. The number of carbonyl (C=O) groups is 1. The molecule has 0 atom stereocenters. The number of fused-ring (bicyclic) bond motifs is 1. The van der Waals surface area contributed by atoms with E-state index in [1.807, 2.05) is 32.2 Å². The first-order chi connectivity index (χ1) is 13.8. The second kappa shape index (κ2) is 7.47. The van der Waals surface area contributed by atoms with Gasteiger partial charge in [-0.05, 0) is 39.8 Å². The van der Waals surface area contributed by atoms with Crippen LogP contribution in [0.3, 0.4) is 0 Å². The molecule has 0 aromatic carbocycles. The van der Waals surface area contributed by atoms with E-state index in [-0.39, 0.29) is 11.9 Å². The molecule has 2 aliphatic heterocycles. The molecule has 2 aromatic heterocycles. The quantitative estimate of drug-likeness (QED) is 0.808. The van der Waals surface area contributed by atoms with Crippen LogP contribution in [0.25, 0.3) is 0 Å². The Hall–Kier alpha value is -2.94. The van der Waals surface area contributed by atoms with Gasteiger partial charge >= 0.3 is 0 Å². The highest BCUT2D eigenvalue weighted by Crippen LogP contribution is 2.37. The smallest absolute Gasteiger partial charge is 0.272 e. The number of amides is 1. The van der Waals surface area contributed by atoms with Gasteiger partial charge in [0.05, 0.1) is 18.1 Å². The first-order valence-corrected chi connectivity index (χ1v) is 9.93. The minimum atomic E-state index is -0.947. The minimum absolute atomic E-state index is 0.0522. The number of aromatic nitrogens is 3. The maximum Gasteiger partial charge on any atom is 0.272 e. The number of hydrogen-bond acceptors (Lipinski definition) is 8. The predicted molar refractivity (Wildman–Crippen MR) is 112 cm³/mol. The molecule has 2 aromatic rings. The Morgan fingerprint density at radius 1 is 1.17 bits per heavy atom. The molecule has 1 saturated heterocycles. The molecule has 0 saturated carbocycles. The Balaban J connectivity index is 1.55. The highest BCUT2D eigenvalue weighted by molar-refractivity contribution is 6.01. The number of carbonyl (C=O) groups excluding carboxylic acids is 1. The summed E-state index contributed by atoms with van der Waals surface area (Å²) in [6, 6.07) is 3.89. The molecule has 1 fully saturated rings. The number of anilines is 4. The van der Waals surface area contributed by atoms with Gasteiger partial charge in [-0.15, -0.1) is 0 Å². The van der Waals surface area contributed by atoms with Gasteiger partial charge in [0.2, 0.25) is 5.95 Å². The number of piperazine rings is 1. The maximum absolute atomic E-state index is 12.8. The van der Waals surface area contributed by atoms with E-state index in [9.17, 15) is 4.79 Å². The summed E-state index contributed by atoms with van der Waals surface area (Å²) in [4.78, 5) is 30.1. The van der Waals surface area contributed by atoms with Gasteiger partial charge in [-0.3, -0.25) is 9.69 Å². The first-order valence-electron chi connectivity index (χ1n) is 9.93. The third-order valence-electron chi connectivity index (χ3n) is 5.05. The second-order valence-electron chi connectivity index (χ2n) is 8.03. The van der Waals surface area contributed by atoms with Gasteiger partial charge in [-0.2, -0.15) is 4.98 Å². The fraction of sp³-hybridized carbons (Fsp3) is 0.500. The lowest BCUT2D eigenvalue weighted by Gasteiger charge is -2.39. The third-order valence-corrected chi connectivity index (χ3v) is 5.05. The van der Waals surface area contributed by atoms with Crippen LogP contribution in [0.4, 0.5) is 23.3 Å². The second-order valence-corrected chi connectivity index (χ2v) is 8.03. The summed E-state index contributed by atoms with van der Waals surface area (Å²) in [6.45, 7) is 11.3. The van der Waals surface area contributed by atoms with Crippen molar-refractivity contribution in [3.05, 3.63) is 24.5 Å². The molecule has 2 aliphatic rings. The number of ether oxygens (including phenoxy) is 1. The van der Waals surface area contributed by atoms with Crippen LogP contribution in [0, 0.1) is 0 Å². The third kappa shape index (κ3) is 3.82. The summed E-state index contributed by atoms with van der Waals surface area (Å²) in [5.74, 6) is 1.86. The molecular weight excluding hydrogens is 370 g/mol. The van der Waals surface area contributed by atoms with Crippen LogP contribution in [-0.4, -0.2) is 58.7 Å². The van der Waals surface area contributed by atoms with Crippen molar-refractivity contribution >= 4 is 29.2 Å². The summed E-state index contributed by atoms with van der Waals surface area (Å²) >= 11 is 0. The van der Waals surface area contributed by atoms with Crippen molar-refractivity contribution in [2.45, 2.75) is 39.3 Å². The molecule has 9 heteroatoms. The normalized spacial score (nSPS) is 18.4. The van der Waals surface area contributed by atoms with Crippen LogP contribution >= 0.6 is 0 Å². The van der Waals surface area contributed by atoms with Gasteiger partial charge in [-0.25, -0.2) is 9.97 Å². The molecule has 4 rings (SSSR count). The van der Waals surface area contributed by atoms with Crippen molar-refractivity contribution in [3.8, 4) is 5.75 Å². The summed E-state index contributed by atoms with van der Waals surface area (Å²) in [5, 5.41) is 6.47. The highest BCUT2D eigenvalue weighted by Gasteiger charge is 2.43. The van der Waals surface area contributed by atoms with Crippen molar-refractivity contribution < 1.29 is 9.53 Å². The van der Waals surface area contributed by atoms with Crippen LogP contribution in [0.5, 0.6) is 5.75 Å². The lowest BCUT2D eigenvalue weighted by molar-refractivity contribution is -0.133. The van der Waals surface area contributed by atoms with Crippen LogP contribution in [-0.2, 0) is 4.79 Å². The van der Waals surface area contributed by atoms with Gasteiger partial charge in [0, 0.05) is 32.2 Å². The molecule has 9 nitrogen and oxygen atoms in total. The molecule has 1 amide bonds. The van der Waals surface area contributed by atoms with E-state index in [0.29, 0.717) is 23.3 Å². The average Bonchev–Trinajstić information content (AvgIpc) is 2.70. The number of hydrogen-bond donors (Lipinski definition) is 2. The van der Waals surface area contributed by atoms with Crippen LogP contribution in [0.2, 0.25) is 0 Å². The molecule has 2 N–H and O–H groups in total. The molecule has 0 unspecified atom stereocenters. The topological polar surface area (TPSA) is 95.5 Å². The van der Waals surface area contributed by atoms with E-state index in [2.05, 4.69) is 30.5 Å². The Morgan fingerprint density at radius 2 is 1.93 bits per heavy atom. The van der Waals surface area contributed by atoms with Gasteiger partial charge < -0.3 is 20.3 Å². The summed E-state index contributed by atoms with van der Waals surface area (Å²) in [5.41, 5.74) is 0.146. The summed E-state index contributed by atoms with van der Waals surface area (Å²) in [7, 11) is 0. The van der Waals surface area contributed by atoms with Gasteiger partial charge in [0.15, 0.2) is 17.2 Å². The molecule has 4 heterocycles. The Morgan fingerprint density at radius 3 is 2.59 bits per heavy atom. The van der Waals surface area contributed by atoms with E-state index in [1.54, 1.807) is 24.9 Å². The van der Waals surface area contributed by atoms with Crippen LogP contribution in [0.15, 0.2) is 24.5 Å². The van der Waals surface area contributed by atoms with Crippen LogP contribution in [0.1, 0.15) is 27.7 Å². The largest absolute Gasteiger partial charge is 0.472 e. The molecule has 29 heavy (non-hydrogen) atoms. The van der Waals surface area contributed by atoms with E-state index in [4.69, 9.17) is 4.74 Å². The summed E-state index contributed by atoms with van der Waals surface area (Å²) < 4.78 is 5.83. The minimum Gasteiger partial charge on any atom is -0.472 e. The fourth-order valence-electron chi connectivity index (χ4n) is 3.54. The van der Waals surface area contributed by atoms with Gasteiger partial charge in [0.1, 0.15) is 5.82 Å². The molecule has 154 valence electrons. The Labute approximate surface area is 170 Å². The molecule has 0 bridgehead atoms. The summed E-state index contributed by atoms with van der Waals surface area (Å²) in [6.07, 6.45) is 3.45. The molecular formula is C20H27N7O2. The Bertz CT molecular complexity index is 892. The SMILES string of the molecule is CC(C)N1C(=O)C(C)(C)Oc2cnc(Nc3ccc(N4CCNCC4)cn3)nc21. The fourth-order valence-corrected chi connectivity index (χ4v) is 3.54. The zero-order valence-electron chi connectivity index (χ0n) is 17.3. The lowest BCUT2D eigenvalue weighted by Crippen LogP contribution is -2.55. The van der Waals surface area contributed by atoms with Crippen molar-refractivity contribution in [1.29, 1.82) is 0 Å². The molecule has 0 spiro atoms.